The molecular formula is C16H25N5O5. The van der Waals surface area contributed by atoms with Gasteiger partial charge in [0, 0.05) is 0 Å². The number of fused-ring (bicyclic) bond motifs is 1. The standard InChI is InChI=1S/C16H25N5O5/c1-3-8(2)9(4-22)20-14-11-15(18-6-17-14)21(7-19-11)16-13(25)12(24)10(5-23)26-16/h6-10,12-13,16,22-25H,3-5H2,1-2H3,(H,17,18,20)/t8-,9+,10+,12?,13?,16+/m0/s1. The highest BCUT2D eigenvalue weighted by Gasteiger charge is 2.44. The molecule has 0 amide bonds. The number of nitrogens with one attached hydrogen (secondary N) is 1. The number of aromatic nitrogens is 4. The number of nitrogens with zero attached hydrogens (tertiary/aromatic N) is 4. The highest BCUT2D eigenvalue weighted by molar-refractivity contribution is 5.82. The lowest BCUT2D eigenvalue weighted by Crippen LogP contribution is -2.33. The van der Waals surface area contributed by atoms with Crippen molar-refractivity contribution in [2.24, 2.45) is 5.92 Å². The molecule has 0 aromatic carbocycles. The molecule has 3 rings (SSSR count). The maximum atomic E-state index is 10.2. The fourth-order valence-electron chi connectivity index (χ4n) is 3.08. The Kier molecular flexibility index (Phi) is 5.68. The van der Waals surface area contributed by atoms with Crippen LogP contribution in [-0.4, -0.2) is 77.5 Å². The lowest BCUT2D eigenvalue weighted by molar-refractivity contribution is -0.0511. The van der Waals surface area contributed by atoms with Crippen LogP contribution in [0.1, 0.15) is 26.5 Å². The predicted octanol–water partition coefficient (Wildman–Crippen LogP) is -0.743. The van der Waals surface area contributed by atoms with Gasteiger partial charge in [-0.3, -0.25) is 4.57 Å². The van der Waals surface area contributed by atoms with Gasteiger partial charge < -0.3 is 30.5 Å². The maximum absolute atomic E-state index is 10.2. The normalized spacial score (nSPS) is 28.4. The van der Waals surface area contributed by atoms with Crippen molar-refractivity contribution in [1.82, 2.24) is 19.5 Å². The van der Waals surface area contributed by atoms with Gasteiger partial charge in [0.25, 0.3) is 0 Å². The smallest absolute Gasteiger partial charge is 0.167 e. The van der Waals surface area contributed by atoms with E-state index >= 15 is 0 Å². The number of hydrogen-bond donors (Lipinski definition) is 5. The van der Waals surface area contributed by atoms with Crippen molar-refractivity contribution in [3.05, 3.63) is 12.7 Å². The Morgan fingerprint density at radius 3 is 2.62 bits per heavy atom. The van der Waals surface area contributed by atoms with Crippen LogP contribution in [0.15, 0.2) is 12.7 Å². The van der Waals surface area contributed by atoms with Crippen LogP contribution in [0.4, 0.5) is 5.82 Å². The second-order valence-corrected chi connectivity index (χ2v) is 6.59. The zero-order valence-corrected chi connectivity index (χ0v) is 14.7. The van der Waals surface area contributed by atoms with Crippen molar-refractivity contribution in [1.29, 1.82) is 0 Å². The molecule has 5 N–H and O–H groups in total. The van der Waals surface area contributed by atoms with Gasteiger partial charge in [0.05, 0.1) is 25.6 Å². The number of anilines is 1. The van der Waals surface area contributed by atoms with Crippen LogP contribution in [0.25, 0.3) is 11.2 Å². The molecule has 2 aromatic heterocycles. The first-order valence-corrected chi connectivity index (χ1v) is 8.69. The third-order valence-electron chi connectivity index (χ3n) is 5.00. The van der Waals surface area contributed by atoms with E-state index in [-0.39, 0.29) is 18.6 Å². The van der Waals surface area contributed by atoms with Crippen molar-refractivity contribution in [2.75, 3.05) is 18.5 Å². The van der Waals surface area contributed by atoms with Crippen LogP contribution in [0.5, 0.6) is 0 Å². The Bertz CT molecular complexity index is 741. The molecule has 0 bridgehead atoms. The molecule has 2 unspecified atom stereocenters. The highest BCUT2D eigenvalue weighted by atomic mass is 16.6. The molecule has 1 aliphatic heterocycles. The summed E-state index contributed by atoms with van der Waals surface area (Å²) in [5.41, 5.74) is 0.880. The zero-order valence-electron chi connectivity index (χ0n) is 14.7. The van der Waals surface area contributed by atoms with Gasteiger partial charge in [0.1, 0.15) is 24.6 Å². The number of rotatable bonds is 7. The molecule has 0 saturated carbocycles. The van der Waals surface area contributed by atoms with Gasteiger partial charge >= 0.3 is 0 Å². The third kappa shape index (κ3) is 3.26. The van der Waals surface area contributed by atoms with Crippen molar-refractivity contribution < 1.29 is 25.2 Å². The maximum Gasteiger partial charge on any atom is 0.167 e. The largest absolute Gasteiger partial charge is 0.394 e. The van der Waals surface area contributed by atoms with Crippen LogP contribution in [0.3, 0.4) is 0 Å². The van der Waals surface area contributed by atoms with E-state index in [9.17, 15) is 20.4 Å². The predicted molar refractivity (Wildman–Crippen MR) is 92.3 cm³/mol. The molecule has 3 heterocycles. The molecular weight excluding hydrogens is 342 g/mol. The molecule has 2 aromatic rings. The van der Waals surface area contributed by atoms with Gasteiger partial charge in [-0.2, -0.15) is 0 Å². The Labute approximate surface area is 150 Å². The molecule has 6 atom stereocenters. The number of hydrogen-bond acceptors (Lipinski definition) is 9. The average molecular weight is 367 g/mol. The number of imidazole rings is 1. The summed E-state index contributed by atoms with van der Waals surface area (Å²) >= 11 is 0. The fraction of sp³-hybridized carbons (Fsp3) is 0.688. The van der Waals surface area contributed by atoms with Crippen LogP contribution in [0.2, 0.25) is 0 Å². The third-order valence-corrected chi connectivity index (χ3v) is 5.00. The SMILES string of the molecule is CC[C@H](C)[C@@H](CO)Nc1ncnc2c1ncn2[C@@H]1O[C@H](CO)C(O)C1O. The molecule has 1 aliphatic rings. The minimum absolute atomic E-state index is 0.0456. The first-order chi connectivity index (χ1) is 12.5. The first-order valence-electron chi connectivity index (χ1n) is 8.69. The quantitative estimate of drug-likeness (QED) is 0.427. The van der Waals surface area contributed by atoms with Gasteiger partial charge in [-0.15, -0.1) is 0 Å². The lowest BCUT2D eigenvalue weighted by atomic mass is 10.00. The highest BCUT2D eigenvalue weighted by Crippen LogP contribution is 2.32. The number of aliphatic hydroxyl groups excluding tert-OH is 4. The van der Waals surface area contributed by atoms with E-state index in [1.807, 2.05) is 13.8 Å². The zero-order chi connectivity index (χ0) is 18.8. The van der Waals surface area contributed by atoms with Crippen LogP contribution >= 0.6 is 0 Å². The molecule has 1 fully saturated rings. The summed E-state index contributed by atoms with van der Waals surface area (Å²) in [7, 11) is 0. The van der Waals surface area contributed by atoms with Crippen molar-refractivity contribution in [2.45, 2.75) is 50.8 Å². The topological polar surface area (TPSA) is 146 Å². The van der Waals surface area contributed by atoms with Gasteiger partial charge in [-0.25, -0.2) is 15.0 Å². The molecule has 0 spiro atoms. The summed E-state index contributed by atoms with van der Waals surface area (Å²) in [4.78, 5) is 12.7. The van der Waals surface area contributed by atoms with Crippen molar-refractivity contribution >= 4 is 17.0 Å². The second kappa shape index (κ2) is 7.80. The summed E-state index contributed by atoms with van der Waals surface area (Å²) in [6, 6.07) is -0.183. The summed E-state index contributed by atoms with van der Waals surface area (Å²) in [6.45, 7) is 3.62. The van der Waals surface area contributed by atoms with Gasteiger partial charge in [-0.1, -0.05) is 20.3 Å². The second-order valence-electron chi connectivity index (χ2n) is 6.59. The molecule has 10 nitrogen and oxygen atoms in total. The van der Waals surface area contributed by atoms with Crippen molar-refractivity contribution in [3.63, 3.8) is 0 Å². The van der Waals surface area contributed by atoms with E-state index in [1.54, 1.807) is 0 Å². The Morgan fingerprint density at radius 2 is 2.00 bits per heavy atom. The number of ether oxygens (including phenoxy) is 1. The van der Waals surface area contributed by atoms with E-state index in [1.165, 1.54) is 17.2 Å². The van der Waals surface area contributed by atoms with E-state index in [0.717, 1.165) is 6.42 Å². The van der Waals surface area contributed by atoms with Crippen LogP contribution in [-0.2, 0) is 4.74 Å². The van der Waals surface area contributed by atoms with E-state index < -0.39 is 31.1 Å². The van der Waals surface area contributed by atoms with E-state index in [4.69, 9.17) is 4.74 Å². The molecule has 0 aliphatic carbocycles. The summed E-state index contributed by atoms with van der Waals surface area (Å²) < 4.78 is 7.04. The first kappa shape index (κ1) is 18.9. The summed E-state index contributed by atoms with van der Waals surface area (Å²) in [5, 5.41) is 42.2. The molecule has 10 heteroatoms. The Balaban J connectivity index is 1.92. The van der Waals surface area contributed by atoms with Crippen LogP contribution in [0, 0.1) is 5.92 Å². The van der Waals surface area contributed by atoms with Gasteiger partial charge in [0.15, 0.2) is 23.2 Å². The minimum Gasteiger partial charge on any atom is -0.394 e. The molecule has 144 valence electrons. The van der Waals surface area contributed by atoms with Gasteiger partial charge in [0.2, 0.25) is 0 Å². The van der Waals surface area contributed by atoms with Gasteiger partial charge in [-0.05, 0) is 5.92 Å². The molecule has 1 saturated heterocycles. The average Bonchev–Trinajstić information content (AvgIpc) is 3.21. The monoisotopic (exact) mass is 367 g/mol. The van der Waals surface area contributed by atoms with E-state index in [2.05, 4.69) is 20.3 Å². The van der Waals surface area contributed by atoms with E-state index in [0.29, 0.717) is 17.0 Å². The van der Waals surface area contributed by atoms with Crippen molar-refractivity contribution in [3.8, 4) is 0 Å². The fourth-order valence-corrected chi connectivity index (χ4v) is 3.08. The Morgan fingerprint density at radius 1 is 1.23 bits per heavy atom. The lowest BCUT2D eigenvalue weighted by Gasteiger charge is -2.22. The summed E-state index contributed by atoms with van der Waals surface area (Å²) in [6.07, 6.45) is -0.526. The molecule has 26 heavy (non-hydrogen) atoms. The van der Waals surface area contributed by atoms with Crippen LogP contribution < -0.4 is 5.32 Å². The minimum atomic E-state index is -1.22. The number of aliphatic hydroxyl groups is 4. The Hall–Kier alpha value is -1.85. The molecule has 0 radical (unpaired) electrons. The summed E-state index contributed by atoms with van der Waals surface area (Å²) in [5.74, 6) is 0.701.